The maximum absolute atomic E-state index is 12.7. The van der Waals surface area contributed by atoms with Crippen molar-refractivity contribution in [3.05, 3.63) is 89.2 Å². The number of benzene rings is 2. The molecule has 0 saturated heterocycles. The number of hydrogen-bond acceptors (Lipinski definition) is 4. The summed E-state index contributed by atoms with van der Waals surface area (Å²) in [6.07, 6.45) is 0.714. The Labute approximate surface area is 177 Å². The van der Waals surface area contributed by atoms with Crippen LogP contribution in [0.15, 0.2) is 66.7 Å². The van der Waals surface area contributed by atoms with Crippen molar-refractivity contribution in [2.24, 2.45) is 5.14 Å². The lowest BCUT2D eigenvalue weighted by Crippen LogP contribution is -2.38. The average molecular weight is 427 g/mol. The highest BCUT2D eigenvalue weighted by atomic mass is 32.2. The Hall–Kier alpha value is -2.90. The smallest absolute Gasteiger partial charge is 0.218 e. The van der Waals surface area contributed by atoms with E-state index in [-0.39, 0.29) is 12.2 Å². The Morgan fingerprint density at radius 2 is 1.70 bits per heavy atom. The molecule has 0 fully saturated rings. The zero-order valence-corrected chi connectivity index (χ0v) is 17.9. The largest absolute Gasteiger partial charge is 0.494 e. The molecule has 6 nitrogen and oxygen atoms in total. The van der Waals surface area contributed by atoms with E-state index >= 15 is 0 Å². The number of sulfonamides is 1. The van der Waals surface area contributed by atoms with Crippen molar-refractivity contribution >= 4 is 15.8 Å². The molecule has 3 N–H and O–H groups in total. The van der Waals surface area contributed by atoms with E-state index in [9.17, 15) is 13.2 Å². The number of nitrogens with one attached hydrogen (secondary N) is 1. The van der Waals surface area contributed by atoms with Crippen LogP contribution >= 0.6 is 0 Å². The minimum absolute atomic E-state index is 0.137. The highest BCUT2D eigenvalue weighted by Gasteiger charge is 2.38. The molecule has 0 aliphatic rings. The van der Waals surface area contributed by atoms with Crippen molar-refractivity contribution < 1.29 is 17.9 Å². The van der Waals surface area contributed by atoms with Crippen LogP contribution in [0, 0.1) is 0 Å². The van der Waals surface area contributed by atoms with E-state index in [0.29, 0.717) is 35.6 Å². The summed E-state index contributed by atoms with van der Waals surface area (Å²) in [4.78, 5) is 15.8. The fourth-order valence-corrected chi connectivity index (χ4v) is 4.21. The van der Waals surface area contributed by atoms with Crippen molar-refractivity contribution in [3.8, 4) is 5.75 Å². The first-order valence-corrected chi connectivity index (χ1v) is 11.3. The fourth-order valence-electron chi connectivity index (χ4n) is 3.36. The topological polar surface area (TPSA) is 102 Å². The molecule has 0 spiro atoms. The molecule has 7 heteroatoms. The van der Waals surface area contributed by atoms with Crippen LogP contribution in [0.3, 0.4) is 0 Å². The fraction of sp³-hybridized carbons (Fsp3) is 0.261. The summed E-state index contributed by atoms with van der Waals surface area (Å²) in [6, 6.07) is 19.4. The molecule has 0 radical (unpaired) electrons. The molecule has 1 aromatic heterocycles. The summed E-state index contributed by atoms with van der Waals surface area (Å²) in [6.45, 7) is 4.10. The lowest BCUT2D eigenvalue weighted by atomic mass is 9.94. The molecule has 1 unspecified atom stereocenters. The van der Waals surface area contributed by atoms with Crippen molar-refractivity contribution in [3.63, 3.8) is 0 Å². The van der Waals surface area contributed by atoms with Crippen LogP contribution in [0.4, 0.5) is 0 Å². The predicted molar refractivity (Wildman–Crippen MR) is 117 cm³/mol. The number of ether oxygens (including phenoxy) is 1. The number of H-pyrrole nitrogens is 1. The van der Waals surface area contributed by atoms with Gasteiger partial charge in [0.05, 0.1) is 12.3 Å². The molecule has 0 bridgehead atoms. The summed E-state index contributed by atoms with van der Waals surface area (Å²) in [7, 11) is -3.84. The van der Waals surface area contributed by atoms with Crippen LogP contribution < -0.4 is 9.88 Å². The Kier molecular flexibility index (Phi) is 6.43. The number of carbonyl (C=O) groups is 1. The normalized spacial score (nSPS) is 13.6. The number of aromatic amines is 1. The SMILES string of the molecule is CCOc1ccc(C(=O)c2ccc(CCC(C)(c3ccccc3)S(N)(=O)=O)[nH]2)cc1. The highest BCUT2D eigenvalue weighted by molar-refractivity contribution is 7.90. The molecule has 3 aromatic rings. The van der Waals surface area contributed by atoms with Gasteiger partial charge in [0.2, 0.25) is 15.8 Å². The summed E-state index contributed by atoms with van der Waals surface area (Å²) in [5.41, 5.74) is 2.41. The summed E-state index contributed by atoms with van der Waals surface area (Å²) in [5.74, 6) is 0.575. The highest BCUT2D eigenvalue weighted by Crippen LogP contribution is 2.33. The van der Waals surface area contributed by atoms with Gasteiger partial charge >= 0.3 is 0 Å². The minimum atomic E-state index is -3.84. The molecule has 158 valence electrons. The molecule has 0 amide bonds. The molecular weight excluding hydrogens is 400 g/mol. The third kappa shape index (κ3) is 4.63. The zero-order chi connectivity index (χ0) is 21.8. The quantitative estimate of drug-likeness (QED) is 0.508. The predicted octanol–water partition coefficient (Wildman–Crippen LogP) is 3.78. The number of rotatable bonds is 9. The van der Waals surface area contributed by atoms with E-state index in [1.807, 2.05) is 13.0 Å². The van der Waals surface area contributed by atoms with Crippen LogP contribution in [-0.2, 0) is 21.2 Å². The van der Waals surface area contributed by atoms with E-state index in [0.717, 1.165) is 5.69 Å². The van der Waals surface area contributed by atoms with Gasteiger partial charge in [0, 0.05) is 11.3 Å². The van der Waals surface area contributed by atoms with Gasteiger partial charge in [-0.3, -0.25) is 4.79 Å². The van der Waals surface area contributed by atoms with Crippen molar-refractivity contribution in [1.29, 1.82) is 0 Å². The van der Waals surface area contributed by atoms with Crippen LogP contribution in [-0.4, -0.2) is 25.8 Å². The third-order valence-corrected chi connectivity index (χ3v) is 7.00. The van der Waals surface area contributed by atoms with Gasteiger partial charge in [-0.1, -0.05) is 30.3 Å². The van der Waals surface area contributed by atoms with E-state index in [1.165, 1.54) is 0 Å². The zero-order valence-electron chi connectivity index (χ0n) is 17.1. The van der Waals surface area contributed by atoms with Crippen molar-refractivity contribution in [2.45, 2.75) is 31.4 Å². The van der Waals surface area contributed by atoms with Gasteiger partial charge in [-0.15, -0.1) is 0 Å². The molecule has 30 heavy (non-hydrogen) atoms. The Balaban J connectivity index is 1.75. The maximum atomic E-state index is 12.7. The number of carbonyl (C=O) groups excluding carboxylic acids is 1. The van der Waals surface area contributed by atoms with Crippen LogP contribution in [0.5, 0.6) is 5.75 Å². The van der Waals surface area contributed by atoms with E-state index in [2.05, 4.69) is 4.98 Å². The summed E-state index contributed by atoms with van der Waals surface area (Å²) >= 11 is 0. The van der Waals surface area contributed by atoms with Crippen LogP contribution in [0.2, 0.25) is 0 Å². The van der Waals surface area contributed by atoms with E-state index < -0.39 is 14.8 Å². The van der Waals surface area contributed by atoms with Gasteiger partial charge in [0.1, 0.15) is 10.5 Å². The second-order valence-electron chi connectivity index (χ2n) is 7.33. The molecule has 0 saturated carbocycles. The molecule has 1 atom stereocenters. The number of nitrogens with two attached hydrogens (primary N) is 1. The second-order valence-corrected chi connectivity index (χ2v) is 9.32. The number of aromatic nitrogens is 1. The molecule has 0 aliphatic heterocycles. The lowest BCUT2D eigenvalue weighted by molar-refractivity contribution is 0.103. The van der Waals surface area contributed by atoms with Gasteiger partial charge < -0.3 is 9.72 Å². The van der Waals surface area contributed by atoms with Crippen LogP contribution in [0.25, 0.3) is 0 Å². The monoisotopic (exact) mass is 426 g/mol. The number of hydrogen-bond donors (Lipinski definition) is 2. The lowest BCUT2D eigenvalue weighted by Gasteiger charge is -2.27. The van der Waals surface area contributed by atoms with Gasteiger partial charge in [0.25, 0.3) is 0 Å². The Morgan fingerprint density at radius 3 is 2.30 bits per heavy atom. The standard InChI is InChI=1S/C23H26N2O4S/c1-3-29-20-12-9-17(10-13-20)22(26)21-14-11-19(25-21)15-16-23(2,30(24,27)28)18-7-5-4-6-8-18/h4-14,25H,3,15-16H2,1-2H3,(H2,24,27,28). The van der Waals surface area contributed by atoms with Crippen molar-refractivity contribution in [2.75, 3.05) is 6.61 Å². The Morgan fingerprint density at radius 1 is 1.03 bits per heavy atom. The molecule has 2 aromatic carbocycles. The minimum Gasteiger partial charge on any atom is -0.494 e. The first-order chi connectivity index (χ1) is 14.2. The molecule has 0 aliphatic carbocycles. The molecular formula is C23H26N2O4S. The Bertz CT molecular complexity index is 1110. The van der Waals surface area contributed by atoms with Crippen molar-refractivity contribution in [1.82, 2.24) is 4.98 Å². The number of primary sulfonamides is 1. The first-order valence-electron chi connectivity index (χ1n) is 9.78. The summed E-state index contributed by atoms with van der Waals surface area (Å²) < 4.78 is 28.9. The van der Waals surface area contributed by atoms with Gasteiger partial charge in [-0.05, 0) is 68.7 Å². The maximum Gasteiger partial charge on any atom is 0.218 e. The molecule has 1 heterocycles. The second kappa shape index (κ2) is 8.85. The van der Waals surface area contributed by atoms with Crippen LogP contribution in [0.1, 0.15) is 47.6 Å². The van der Waals surface area contributed by atoms with Gasteiger partial charge in [-0.25, -0.2) is 13.6 Å². The van der Waals surface area contributed by atoms with Gasteiger partial charge in [-0.2, -0.15) is 0 Å². The first kappa shape index (κ1) is 21.8. The van der Waals surface area contributed by atoms with E-state index in [4.69, 9.17) is 9.88 Å². The summed E-state index contributed by atoms with van der Waals surface area (Å²) in [5, 5.41) is 5.57. The third-order valence-electron chi connectivity index (χ3n) is 5.30. The van der Waals surface area contributed by atoms with E-state index in [1.54, 1.807) is 67.6 Å². The number of ketones is 1. The number of aryl methyl sites for hydroxylation is 1. The van der Waals surface area contributed by atoms with Gasteiger partial charge in [0.15, 0.2) is 0 Å². The molecule has 3 rings (SSSR count). The average Bonchev–Trinajstić information content (AvgIpc) is 3.21.